The zero-order chi connectivity index (χ0) is 21.5. The lowest BCUT2D eigenvalue weighted by molar-refractivity contribution is 0.0919. The molecule has 0 spiro atoms. The fraction of sp³-hybridized carbons (Fsp3) is 0.304. The van der Waals surface area contributed by atoms with E-state index in [4.69, 9.17) is 0 Å². The molecule has 0 radical (unpaired) electrons. The number of nitrogens with zero attached hydrogens (tertiary/aromatic N) is 3. The molecule has 4 aromatic rings. The molecule has 0 saturated heterocycles. The number of aromatic amines is 1. The van der Waals surface area contributed by atoms with Crippen LogP contribution in [0.5, 0.6) is 0 Å². The van der Waals surface area contributed by atoms with Gasteiger partial charge >= 0.3 is 0 Å². The van der Waals surface area contributed by atoms with Crippen LogP contribution in [-0.2, 0) is 0 Å². The van der Waals surface area contributed by atoms with Gasteiger partial charge in [0.1, 0.15) is 17.2 Å². The van der Waals surface area contributed by atoms with Crippen molar-refractivity contribution in [1.82, 2.24) is 24.9 Å². The first-order valence-corrected chi connectivity index (χ1v) is 10.4. The number of fused-ring (bicyclic) bond motifs is 2. The van der Waals surface area contributed by atoms with Crippen LogP contribution in [0.1, 0.15) is 53.3 Å². The highest BCUT2D eigenvalue weighted by Crippen LogP contribution is 2.34. The van der Waals surface area contributed by atoms with Crippen molar-refractivity contribution in [2.24, 2.45) is 0 Å². The van der Waals surface area contributed by atoms with Crippen LogP contribution in [0.4, 0.5) is 4.39 Å². The summed E-state index contributed by atoms with van der Waals surface area (Å²) in [5.74, 6) is -0.407. The first-order valence-electron chi connectivity index (χ1n) is 10.4. The van der Waals surface area contributed by atoms with E-state index in [1.54, 1.807) is 13.0 Å². The van der Waals surface area contributed by atoms with Gasteiger partial charge in [0.2, 0.25) is 0 Å². The van der Waals surface area contributed by atoms with Gasteiger partial charge in [0.15, 0.2) is 0 Å². The van der Waals surface area contributed by atoms with E-state index in [1.807, 2.05) is 24.3 Å². The van der Waals surface area contributed by atoms with Crippen molar-refractivity contribution in [3.63, 3.8) is 0 Å². The van der Waals surface area contributed by atoms with Crippen molar-refractivity contribution in [3.8, 4) is 0 Å². The minimum absolute atomic E-state index is 0.0265. The first kappa shape index (κ1) is 19.4. The average Bonchev–Trinajstić information content (AvgIpc) is 3.18. The van der Waals surface area contributed by atoms with Gasteiger partial charge < -0.3 is 5.32 Å². The number of benzene rings is 1. The summed E-state index contributed by atoms with van der Waals surface area (Å²) in [6.07, 6.45) is 6.09. The molecule has 1 fully saturated rings. The normalized spacial score (nSPS) is 19.0. The Balaban J connectivity index is 1.30. The molecule has 1 aromatic carbocycles. The lowest BCUT2D eigenvalue weighted by atomic mass is 9.82. The second kappa shape index (κ2) is 7.61. The van der Waals surface area contributed by atoms with Crippen LogP contribution in [0.3, 0.4) is 0 Å². The molecule has 0 unspecified atom stereocenters. The first-order chi connectivity index (χ1) is 15.0. The zero-order valence-corrected chi connectivity index (χ0v) is 17.1. The molecule has 158 valence electrons. The maximum atomic E-state index is 14.0. The number of aromatic nitrogens is 4. The molecule has 1 amide bonds. The molecule has 8 heteroatoms. The predicted octanol–water partition coefficient (Wildman–Crippen LogP) is 3.47. The minimum Gasteiger partial charge on any atom is -0.348 e. The lowest BCUT2D eigenvalue weighted by Crippen LogP contribution is -2.38. The molecule has 1 aliphatic rings. The maximum Gasteiger partial charge on any atom is 0.272 e. The number of rotatable bonds is 3. The van der Waals surface area contributed by atoms with Crippen LogP contribution in [0.2, 0.25) is 0 Å². The van der Waals surface area contributed by atoms with Gasteiger partial charge in [-0.25, -0.2) is 14.5 Å². The molecule has 0 atom stereocenters. The predicted molar refractivity (Wildman–Crippen MR) is 115 cm³/mol. The summed E-state index contributed by atoms with van der Waals surface area (Å²) < 4.78 is 15.4. The minimum atomic E-state index is -0.374. The quantitative estimate of drug-likeness (QED) is 0.532. The third-order valence-corrected chi connectivity index (χ3v) is 6.20. The number of halogens is 1. The monoisotopic (exact) mass is 419 g/mol. The highest BCUT2D eigenvalue weighted by atomic mass is 19.1. The van der Waals surface area contributed by atoms with Gasteiger partial charge in [-0.3, -0.25) is 14.0 Å². The summed E-state index contributed by atoms with van der Waals surface area (Å²) in [5.41, 5.74) is 2.09. The molecule has 1 aliphatic carbocycles. The van der Waals surface area contributed by atoms with Gasteiger partial charge in [0.25, 0.3) is 11.5 Å². The summed E-state index contributed by atoms with van der Waals surface area (Å²) in [6.45, 7) is 1.67. The number of amides is 1. The number of pyridine rings is 1. The van der Waals surface area contributed by atoms with Gasteiger partial charge in [-0.05, 0) is 50.3 Å². The van der Waals surface area contributed by atoms with Gasteiger partial charge in [-0.2, -0.15) is 5.10 Å². The standard InChI is InChI=1S/C23H22FN5O2/c1-13-10-20-25-11-19(29(20)12-18(13)24)23(31)26-15-8-6-14(7-9-15)21-16-4-2-3-5-17(16)22(30)28-27-21/h2-5,10-12,14-15H,6-9H2,1H3,(H,26,31)(H,28,30). The van der Waals surface area contributed by atoms with Crippen LogP contribution in [0, 0.1) is 12.7 Å². The third kappa shape index (κ3) is 3.48. The number of carbonyl (C=O) groups excluding carboxylic acids is 1. The molecule has 2 N–H and O–H groups in total. The van der Waals surface area contributed by atoms with E-state index in [0.29, 0.717) is 22.3 Å². The van der Waals surface area contributed by atoms with Gasteiger partial charge in [0, 0.05) is 23.5 Å². The van der Waals surface area contributed by atoms with E-state index >= 15 is 0 Å². The van der Waals surface area contributed by atoms with E-state index in [2.05, 4.69) is 20.5 Å². The number of imidazole rings is 1. The van der Waals surface area contributed by atoms with Crippen molar-refractivity contribution in [3.05, 3.63) is 75.8 Å². The summed E-state index contributed by atoms with van der Waals surface area (Å²) in [7, 11) is 0. The van der Waals surface area contributed by atoms with Gasteiger partial charge in [-0.1, -0.05) is 18.2 Å². The van der Waals surface area contributed by atoms with E-state index in [-0.39, 0.29) is 29.2 Å². The van der Waals surface area contributed by atoms with Crippen molar-refractivity contribution < 1.29 is 9.18 Å². The van der Waals surface area contributed by atoms with Crippen LogP contribution >= 0.6 is 0 Å². The highest BCUT2D eigenvalue weighted by Gasteiger charge is 2.27. The van der Waals surface area contributed by atoms with Crippen molar-refractivity contribution in [1.29, 1.82) is 0 Å². The molecule has 31 heavy (non-hydrogen) atoms. The van der Waals surface area contributed by atoms with Crippen LogP contribution < -0.4 is 10.9 Å². The fourth-order valence-corrected chi connectivity index (χ4v) is 4.48. The molecule has 1 saturated carbocycles. The van der Waals surface area contributed by atoms with E-state index in [9.17, 15) is 14.0 Å². The Morgan fingerprint density at radius 2 is 1.94 bits per heavy atom. The Hall–Kier alpha value is -3.55. The van der Waals surface area contributed by atoms with Crippen LogP contribution in [0.15, 0.2) is 47.5 Å². The number of aryl methyl sites for hydroxylation is 1. The van der Waals surface area contributed by atoms with E-state index in [0.717, 1.165) is 36.8 Å². The lowest BCUT2D eigenvalue weighted by Gasteiger charge is -2.29. The molecular weight excluding hydrogens is 397 g/mol. The Bertz CT molecular complexity index is 1350. The third-order valence-electron chi connectivity index (χ3n) is 6.20. The average molecular weight is 419 g/mol. The SMILES string of the molecule is Cc1cc2ncc(C(=O)NC3CCC(c4n[nH]c(=O)c5ccccc45)CC3)n2cc1F. The van der Waals surface area contributed by atoms with Crippen LogP contribution in [0.25, 0.3) is 16.4 Å². The van der Waals surface area contributed by atoms with Crippen molar-refractivity contribution in [2.45, 2.75) is 44.6 Å². The topological polar surface area (TPSA) is 92.2 Å². The zero-order valence-electron chi connectivity index (χ0n) is 17.1. The van der Waals surface area contributed by atoms with Crippen molar-refractivity contribution in [2.75, 3.05) is 0 Å². The summed E-state index contributed by atoms with van der Waals surface area (Å²) in [6, 6.07) is 9.16. The van der Waals surface area contributed by atoms with Crippen molar-refractivity contribution >= 4 is 22.3 Å². The highest BCUT2D eigenvalue weighted by molar-refractivity contribution is 5.93. The second-order valence-corrected chi connectivity index (χ2v) is 8.18. The molecule has 0 aliphatic heterocycles. The van der Waals surface area contributed by atoms with Gasteiger partial charge in [-0.15, -0.1) is 0 Å². The molecule has 3 heterocycles. The molecule has 7 nitrogen and oxygen atoms in total. The number of hydrogen-bond donors (Lipinski definition) is 2. The summed E-state index contributed by atoms with van der Waals surface area (Å²) in [5, 5.41) is 11.6. The maximum absolute atomic E-state index is 14.0. The molecule has 5 rings (SSSR count). The number of hydrogen-bond acceptors (Lipinski definition) is 4. The summed E-state index contributed by atoms with van der Waals surface area (Å²) >= 11 is 0. The Morgan fingerprint density at radius 3 is 2.71 bits per heavy atom. The van der Waals surface area contributed by atoms with Crippen LogP contribution in [-0.4, -0.2) is 31.5 Å². The number of nitrogens with one attached hydrogen (secondary N) is 2. The Kier molecular flexibility index (Phi) is 4.77. The smallest absolute Gasteiger partial charge is 0.272 e. The number of H-pyrrole nitrogens is 1. The van der Waals surface area contributed by atoms with E-state index < -0.39 is 0 Å². The molecule has 3 aromatic heterocycles. The molecular formula is C23H22FN5O2. The summed E-state index contributed by atoms with van der Waals surface area (Å²) in [4.78, 5) is 29.1. The number of carbonyl (C=O) groups is 1. The second-order valence-electron chi connectivity index (χ2n) is 8.18. The Morgan fingerprint density at radius 1 is 1.19 bits per heavy atom. The molecule has 0 bridgehead atoms. The fourth-order valence-electron chi connectivity index (χ4n) is 4.48. The Labute approximate surface area is 177 Å². The van der Waals surface area contributed by atoms with Gasteiger partial charge in [0.05, 0.1) is 17.3 Å². The largest absolute Gasteiger partial charge is 0.348 e. The van der Waals surface area contributed by atoms with E-state index in [1.165, 1.54) is 16.8 Å².